The number of nitriles is 1. The van der Waals surface area contributed by atoms with Gasteiger partial charge in [0.2, 0.25) is 0 Å². The molecule has 0 spiro atoms. The smallest absolute Gasteiger partial charge is 0.188 e. The molecule has 1 atom stereocenters. The van der Waals surface area contributed by atoms with Crippen molar-refractivity contribution in [2.45, 2.75) is 13.0 Å². The lowest BCUT2D eigenvalue weighted by Crippen LogP contribution is -2.11. The summed E-state index contributed by atoms with van der Waals surface area (Å²) < 4.78 is 5.59. The highest BCUT2D eigenvalue weighted by molar-refractivity contribution is 5.97. The Bertz CT molecular complexity index is 612. The summed E-state index contributed by atoms with van der Waals surface area (Å²) in [5, 5.41) is 8.71. The van der Waals surface area contributed by atoms with Crippen molar-refractivity contribution in [2.24, 2.45) is 0 Å². The zero-order valence-corrected chi connectivity index (χ0v) is 11.2. The van der Waals surface area contributed by atoms with Crippen molar-refractivity contribution in [3.05, 3.63) is 71.3 Å². The molecule has 0 aromatic heterocycles. The van der Waals surface area contributed by atoms with Crippen molar-refractivity contribution in [3.63, 3.8) is 0 Å². The number of ether oxygens (including phenoxy) is 1. The van der Waals surface area contributed by atoms with Crippen LogP contribution in [0.1, 0.15) is 34.5 Å². The van der Waals surface area contributed by atoms with E-state index in [2.05, 4.69) is 0 Å². The topological polar surface area (TPSA) is 50.1 Å². The molecule has 3 nitrogen and oxygen atoms in total. The molecule has 2 rings (SSSR count). The third kappa shape index (κ3) is 3.53. The standard InChI is InChI=1S/C17H15NO2/c1-13(15-5-3-2-4-6-15)20-12-17(19)16-9-7-14(11-18)8-10-16/h2-10,13H,12H2,1H3. The van der Waals surface area contributed by atoms with E-state index in [0.29, 0.717) is 11.1 Å². The van der Waals surface area contributed by atoms with Gasteiger partial charge < -0.3 is 4.74 Å². The molecule has 3 heteroatoms. The fourth-order valence-corrected chi connectivity index (χ4v) is 1.83. The van der Waals surface area contributed by atoms with E-state index in [9.17, 15) is 4.79 Å². The molecular weight excluding hydrogens is 250 g/mol. The van der Waals surface area contributed by atoms with Crippen LogP contribution >= 0.6 is 0 Å². The van der Waals surface area contributed by atoms with Crippen LogP contribution < -0.4 is 0 Å². The fourth-order valence-electron chi connectivity index (χ4n) is 1.83. The Morgan fingerprint density at radius 3 is 2.40 bits per heavy atom. The lowest BCUT2D eigenvalue weighted by atomic mass is 10.1. The van der Waals surface area contributed by atoms with Crippen molar-refractivity contribution in [2.75, 3.05) is 6.61 Å². The lowest BCUT2D eigenvalue weighted by Gasteiger charge is -2.12. The van der Waals surface area contributed by atoms with Crippen molar-refractivity contribution in [1.29, 1.82) is 5.26 Å². The van der Waals surface area contributed by atoms with E-state index < -0.39 is 0 Å². The second-order valence-corrected chi connectivity index (χ2v) is 4.48. The van der Waals surface area contributed by atoms with Crippen LogP contribution in [0.25, 0.3) is 0 Å². The molecule has 0 radical (unpaired) electrons. The molecule has 20 heavy (non-hydrogen) atoms. The first-order chi connectivity index (χ1) is 9.70. The monoisotopic (exact) mass is 265 g/mol. The van der Waals surface area contributed by atoms with E-state index in [1.807, 2.05) is 43.3 Å². The van der Waals surface area contributed by atoms with Gasteiger partial charge in [-0.3, -0.25) is 4.79 Å². The molecule has 0 aliphatic carbocycles. The van der Waals surface area contributed by atoms with Gasteiger partial charge in [0, 0.05) is 5.56 Å². The minimum atomic E-state index is -0.126. The van der Waals surface area contributed by atoms with Gasteiger partial charge in [0.25, 0.3) is 0 Å². The molecule has 0 amide bonds. The number of carbonyl (C=O) groups excluding carboxylic acids is 1. The third-order valence-electron chi connectivity index (χ3n) is 3.07. The van der Waals surface area contributed by atoms with Gasteiger partial charge in [-0.05, 0) is 24.6 Å². The molecule has 0 heterocycles. The zero-order valence-electron chi connectivity index (χ0n) is 11.2. The lowest BCUT2D eigenvalue weighted by molar-refractivity contribution is 0.0521. The number of nitrogens with zero attached hydrogens (tertiary/aromatic N) is 1. The van der Waals surface area contributed by atoms with Crippen LogP contribution in [0.15, 0.2) is 54.6 Å². The predicted octanol–water partition coefficient (Wildman–Crippen LogP) is 3.52. The number of Topliss-reactive ketones (excluding diaryl/α,β-unsaturated/α-hetero) is 1. The van der Waals surface area contributed by atoms with Crippen LogP contribution in [0.4, 0.5) is 0 Å². The second-order valence-electron chi connectivity index (χ2n) is 4.48. The second kappa shape index (κ2) is 6.65. The van der Waals surface area contributed by atoms with Gasteiger partial charge >= 0.3 is 0 Å². The van der Waals surface area contributed by atoms with E-state index in [-0.39, 0.29) is 18.5 Å². The summed E-state index contributed by atoms with van der Waals surface area (Å²) in [4.78, 5) is 12.0. The van der Waals surface area contributed by atoms with Crippen LogP contribution in [0.2, 0.25) is 0 Å². The van der Waals surface area contributed by atoms with Gasteiger partial charge in [-0.25, -0.2) is 0 Å². The van der Waals surface area contributed by atoms with Gasteiger partial charge in [0.15, 0.2) is 5.78 Å². The van der Waals surface area contributed by atoms with Gasteiger partial charge in [-0.15, -0.1) is 0 Å². The summed E-state index contributed by atoms with van der Waals surface area (Å²) >= 11 is 0. The summed E-state index contributed by atoms with van der Waals surface area (Å²) in [6.45, 7) is 1.95. The minimum Gasteiger partial charge on any atom is -0.366 e. The molecule has 0 saturated heterocycles. The Labute approximate surface area is 118 Å². The van der Waals surface area contributed by atoms with Crippen molar-refractivity contribution in [3.8, 4) is 6.07 Å². The molecular formula is C17H15NO2. The van der Waals surface area contributed by atoms with Crippen LogP contribution in [-0.2, 0) is 4.74 Å². The largest absolute Gasteiger partial charge is 0.366 e. The maximum Gasteiger partial charge on any atom is 0.188 e. The number of hydrogen-bond donors (Lipinski definition) is 0. The maximum absolute atomic E-state index is 12.0. The zero-order chi connectivity index (χ0) is 14.4. The number of ketones is 1. The van der Waals surface area contributed by atoms with Crippen LogP contribution in [0, 0.1) is 11.3 Å². The van der Waals surface area contributed by atoms with Crippen LogP contribution in [0.5, 0.6) is 0 Å². The Hall–Kier alpha value is -2.44. The summed E-state index contributed by atoms with van der Waals surface area (Å²) in [7, 11) is 0. The van der Waals surface area contributed by atoms with Gasteiger partial charge in [-0.1, -0.05) is 42.5 Å². The van der Waals surface area contributed by atoms with Gasteiger partial charge in [0.1, 0.15) is 6.61 Å². The summed E-state index contributed by atoms with van der Waals surface area (Å²) in [6.07, 6.45) is -0.126. The van der Waals surface area contributed by atoms with E-state index in [1.165, 1.54) is 0 Å². The van der Waals surface area contributed by atoms with E-state index in [1.54, 1.807) is 24.3 Å². The Balaban J connectivity index is 1.93. The summed E-state index contributed by atoms with van der Waals surface area (Å²) in [6, 6.07) is 18.4. The molecule has 2 aromatic carbocycles. The van der Waals surface area contributed by atoms with Crippen molar-refractivity contribution in [1.82, 2.24) is 0 Å². The van der Waals surface area contributed by atoms with E-state index in [0.717, 1.165) is 5.56 Å². The highest BCUT2D eigenvalue weighted by Crippen LogP contribution is 2.16. The average molecular weight is 265 g/mol. The van der Waals surface area contributed by atoms with Gasteiger partial charge in [0.05, 0.1) is 17.7 Å². The Morgan fingerprint density at radius 1 is 1.15 bits per heavy atom. The van der Waals surface area contributed by atoms with E-state index >= 15 is 0 Å². The highest BCUT2D eigenvalue weighted by atomic mass is 16.5. The Morgan fingerprint density at radius 2 is 1.80 bits per heavy atom. The number of hydrogen-bond acceptors (Lipinski definition) is 3. The molecule has 0 aliphatic rings. The fraction of sp³-hybridized carbons (Fsp3) is 0.176. The molecule has 100 valence electrons. The molecule has 1 unspecified atom stereocenters. The number of carbonyl (C=O) groups is 1. The van der Waals surface area contributed by atoms with Crippen molar-refractivity contribution < 1.29 is 9.53 Å². The first kappa shape index (κ1) is 14.0. The SMILES string of the molecule is CC(OCC(=O)c1ccc(C#N)cc1)c1ccccc1. The molecule has 0 fully saturated rings. The summed E-state index contributed by atoms with van der Waals surface area (Å²) in [5.41, 5.74) is 2.14. The quantitative estimate of drug-likeness (QED) is 0.777. The van der Waals surface area contributed by atoms with Crippen LogP contribution in [0.3, 0.4) is 0 Å². The maximum atomic E-state index is 12.0. The van der Waals surface area contributed by atoms with Gasteiger partial charge in [-0.2, -0.15) is 5.26 Å². The molecule has 0 N–H and O–H groups in total. The normalized spacial score (nSPS) is 11.6. The van der Waals surface area contributed by atoms with E-state index in [4.69, 9.17) is 10.00 Å². The summed E-state index contributed by atoms with van der Waals surface area (Å²) in [5.74, 6) is -0.0859. The van der Waals surface area contributed by atoms with Crippen molar-refractivity contribution >= 4 is 5.78 Å². The Kier molecular flexibility index (Phi) is 4.65. The number of rotatable bonds is 5. The highest BCUT2D eigenvalue weighted by Gasteiger charge is 2.10. The first-order valence-electron chi connectivity index (χ1n) is 6.40. The molecule has 0 aliphatic heterocycles. The average Bonchev–Trinajstić information content (AvgIpc) is 2.53. The molecule has 0 saturated carbocycles. The third-order valence-corrected chi connectivity index (χ3v) is 3.07. The predicted molar refractivity (Wildman–Crippen MR) is 76.3 cm³/mol. The molecule has 0 bridgehead atoms. The number of benzene rings is 2. The molecule has 2 aromatic rings. The first-order valence-corrected chi connectivity index (χ1v) is 6.40. The minimum absolute atomic E-state index is 0.0297. The van der Waals surface area contributed by atoms with Crippen LogP contribution in [-0.4, -0.2) is 12.4 Å².